The molecular formula is C12H21NO3. The van der Waals surface area contributed by atoms with Gasteiger partial charge in [0.2, 0.25) is 5.91 Å². The molecule has 0 aromatic carbocycles. The molecule has 16 heavy (non-hydrogen) atoms. The molecule has 0 radical (unpaired) electrons. The Bertz CT molecular complexity index is 263. The first-order valence-electron chi connectivity index (χ1n) is 6.01. The summed E-state index contributed by atoms with van der Waals surface area (Å²) in [5.74, 6) is -0.645. The molecule has 0 aromatic rings. The SMILES string of the molecule is CC(C)CCCCN1CC(C(=O)O)CC1=O. The van der Waals surface area contributed by atoms with Gasteiger partial charge in [-0.25, -0.2) is 0 Å². The fraction of sp³-hybridized carbons (Fsp3) is 0.833. The van der Waals surface area contributed by atoms with Crippen LogP contribution in [0.1, 0.15) is 39.5 Å². The highest BCUT2D eigenvalue weighted by molar-refractivity contribution is 5.86. The van der Waals surface area contributed by atoms with E-state index in [9.17, 15) is 9.59 Å². The summed E-state index contributed by atoms with van der Waals surface area (Å²) in [7, 11) is 0. The van der Waals surface area contributed by atoms with Crippen molar-refractivity contribution in [3.05, 3.63) is 0 Å². The number of hydrogen-bond acceptors (Lipinski definition) is 2. The average Bonchev–Trinajstić information content (AvgIpc) is 2.55. The van der Waals surface area contributed by atoms with Crippen molar-refractivity contribution in [2.75, 3.05) is 13.1 Å². The van der Waals surface area contributed by atoms with Crippen molar-refractivity contribution in [2.24, 2.45) is 11.8 Å². The monoisotopic (exact) mass is 227 g/mol. The molecule has 1 fully saturated rings. The molecule has 1 aliphatic rings. The summed E-state index contributed by atoms with van der Waals surface area (Å²) in [5, 5.41) is 8.81. The number of carboxylic acid groups (broad SMARTS) is 1. The number of carbonyl (C=O) groups is 2. The molecule has 0 aromatic heterocycles. The number of amides is 1. The van der Waals surface area contributed by atoms with Gasteiger partial charge in [0.15, 0.2) is 0 Å². The number of carboxylic acids is 1. The van der Waals surface area contributed by atoms with E-state index in [1.807, 2.05) is 0 Å². The Morgan fingerprint density at radius 3 is 2.69 bits per heavy atom. The number of nitrogens with zero attached hydrogens (tertiary/aromatic N) is 1. The number of hydrogen-bond donors (Lipinski definition) is 1. The van der Waals surface area contributed by atoms with Gasteiger partial charge in [0, 0.05) is 19.5 Å². The fourth-order valence-corrected chi connectivity index (χ4v) is 2.01. The maximum atomic E-state index is 11.5. The van der Waals surface area contributed by atoms with Crippen LogP contribution in [0.15, 0.2) is 0 Å². The van der Waals surface area contributed by atoms with Gasteiger partial charge in [-0.2, -0.15) is 0 Å². The second kappa shape index (κ2) is 5.87. The molecular weight excluding hydrogens is 206 g/mol. The first-order chi connectivity index (χ1) is 7.50. The standard InChI is InChI=1S/C12H21NO3/c1-9(2)5-3-4-6-13-8-10(12(15)16)7-11(13)14/h9-10H,3-8H2,1-2H3,(H,15,16). The summed E-state index contributed by atoms with van der Waals surface area (Å²) in [6.07, 6.45) is 3.44. The Morgan fingerprint density at radius 1 is 1.50 bits per heavy atom. The smallest absolute Gasteiger partial charge is 0.308 e. The molecule has 1 aliphatic heterocycles. The van der Waals surface area contributed by atoms with Crippen LogP contribution < -0.4 is 0 Å². The van der Waals surface area contributed by atoms with Crippen LogP contribution in [0.4, 0.5) is 0 Å². The van der Waals surface area contributed by atoms with E-state index < -0.39 is 11.9 Å². The van der Waals surface area contributed by atoms with Gasteiger partial charge >= 0.3 is 5.97 Å². The van der Waals surface area contributed by atoms with E-state index in [4.69, 9.17) is 5.11 Å². The van der Waals surface area contributed by atoms with Crippen molar-refractivity contribution in [3.8, 4) is 0 Å². The third-order valence-electron chi connectivity index (χ3n) is 3.02. The summed E-state index contributed by atoms with van der Waals surface area (Å²) < 4.78 is 0. The van der Waals surface area contributed by atoms with Crippen LogP contribution in [0.25, 0.3) is 0 Å². The minimum Gasteiger partial charge on any atom is -0.481 e. The van der Waals surface area contributed by atoms with E-state index in [-0.39, 0.29) is 12.3 Å². The topological polar surface area (TPSA) is 57.6 Å². The van der Waals surface area contributed by atoms with Gasteiger partial charge < -0.3 is 10.0 Å². The van der Waals surface area contributed by atoms with E-state index in [0.717, 1.165) is 19.4 Å². The maximum Gasteiger partial charge on any atom is 0.308 e. The summed E-state index contributed by atoms with van der Waals surface area (Å²) in [6, 6.07) is 0. The molecule has 1 saturated heterocycles. The van der Waals surface area contributed by atoms with Crippen LogP contribution in [0.5, 0.6) is 0 Å². The van der Waals surface area contributed by atoms with Crippen molar-refractivity contribution in [1.29, 1.82) is 0 Å². The van der Waals surface area contributed by atoms with E-state index in [1.165, 1.54) is 6.42 Å². The third-order valence-corrected chi connectivity index (χ3v) is 3.02. The second-order valence-electron chi connectivity index (χ2n) is 4.97. The third kappa shape index (κ3) is 3.83. The quantitative estimate of drug-likeness (QED) is 0.703. The number of carbonyl (C=O) groups excluding carboxylic acids is 1. The molecule has 1 unspecified atom stereocenters. The molecule has 4 heteroatoms. The zero-order chi connectivity index (χ0) is 12.1. The van der Waals surface area contributed by atoms with Crippen LogP contribution in [0.3, 0.4) is 0 Å². The first-order valence-corrected chi connectivity index (χ1v) is 6.01. The van der Waals surface area contributed by atoms with Gasteiger partial charge in [-0.3, -0.25) is 9.59 Å². The normalized spacial score (nSPS) is 20.8. The predicted molar refractivity (Wildman–Crippen MR) is 61.0 cm³/mol. The van der Waals surface area contributed by atoms with Crippen molar-refractivity contribution in [1.82, 2.24) is 4.90 Å². The Labute approximate surface area is 96.6 Å². The van der Waals surface area contributed by atoms with Gasteiger partial charge in [0.1, 0.15) is 0 Å². The predicted octanol–water partition coefficient (Wildman–Crippen LogP) is 1.75. The van der Waals surface area contributed by atoms with E-state index in [1.54, 1.807) is 4.90 Å². The number of aliphatic carboxylic acids is 1. The lowest BCUT2D eigenvalue weighted by atomic mass is 10.1. The van der Waals surface area contributed by atoms with Crippen LogP contribution in [0.2, 0.25) is 0 Å². The van der Waals surface area contributed by atoms with Gasteiger partial charge in [-0.05, 0) is 12.3 Å². The van der Waals surface area contributed by atoms with E-state index >= 15 is 0 Å². The van der Waals surface area contributed by atoms with Crippen LogP contribution in [-0.4, -0.2) is 35.0 Å². The molecule has 0 aliphatic carbocycles. The van der Waals surface area contributed by atoms with Crippen molar-refractivity contribution >= 4 is 11.9 Å². The highest BCUT2D eigenvalue weighted by Gasteiger charge is 2.33. The molecule has 4 nitrogen and oxygen atoms in total. The lowest BCUT2D eigenvalue weighted by Crippen LogP contribution is -2.27. The van der Waals surface area contributed by atoms with Gasteiger partial charge in [0.25, 0.3) is 0 Å². The van der Waals surface area contributed by atoms with Gasteiger partial charge in [-0.1, -0.05) is 26.7 Å². The molecule has 1 heterocycles. The maximum absolute atomic E-state index is 11.5. The highest BCUT2D eigenvalue weighted by atomic mass is 16.4. The molecule has 1 rings (SSSR count). The lowest BCUT2D eigenvalue weighted by molar-refractivity contribution is -0.141. The minimum atomic E-state index is -0.849. The van der Waals surface area contributed by atoms with E-state index in [0.29, 0.717) is 12.5 Å². The number of likely N-dealkylation sites (tertiary alicyclic amines) is 1. The average molecular weight is 227 g/mol. The van der Waals surface area contributed by atoms with Crippen LogP contribution in [0, 0.1) is 11.8 Å². The van der Waals surface area contributed by atoms with Crippen molar-refractivity contribution in [3.63, 3.8) is 0 Å². The zero-order valence-electron chi connectivity index (χ0n) is 10.1. The summed E-state index contributed by atoms with van der Waals surface area (Å²) in [4.78, 5) is 23.9. The van der Waals surface area contributed by atoms with Gasteiger partial charge in [-0.15, -0.1) is 0 Å². The summed E-state index contributed by atoms with van der Waals surface area (Å²) >= 11 is 0. The summed E-state index contributed by atoms with van der Waals surface area (Å²) in [6.45, 7) is 5.48. The molecule has 0 bridgehead atoms. The van der Waals surface area contributed by atoms with Crippen molar-refractivity contribution in [2.45, 2.75) is 39.5 Å². The number of rotatable bonds is 6. The second-order valence-corrected chi connectivity index (χ2v) is 4.97. The van der Waals surface area contributed by atoms with Crippen molar-refractivity contribution < 1.29 is 14.7 Å². The Hall–Kier alpha value is -1.06. The largest absolute Gasteiger partial charge is 0.481 e. The highest BCUT2D eigenvalue weighted by Crippen LogP contribution is 2.18. The molecule has 1 amide bonds. The fourth-order valence-electron chi connectivity index (χ4n) is 2.01. The zero-order valence-corrected chi connectivity index (χ0v) is 10.1. The number of unbranched alkanes of at least 4 members (excludes halogenated alkanes) is 1. The summed E-state index contributed by atoms with van der Waals surface area (Å²) in [5.41, 5.74) is 0. The Kier molecular flexibility index (Phi) is 4.77. The first kappa shape index (κ1) is 13.0. The minimum absolute atomic E-state index is 0.00283. The Morgan fingerprint density at radius 2 is 2.19 bits per heavy atom. The Balaban J connectivity index is 2.23. The molecule has 0 saturated carbocycles. The van der Waals surface area contributed by atoms with Crippen LogP contribution >= 0.6 is 0 Å². The van der Waals surface area contributed by atoms with Gasteiger partial charge in [0.05, 0.1) is 5.92 Å². The van der Waals surface area contributed by atoms with E-state index in [2.05, 4.69) is 13.8 Å². The molecule has 1 atom stereocenters. The van der Waals surface area contributed by atoms with Crippen LogP contribution in [-0.2, 0) is 9.59 Å². The lowest BCUT2D eigenvalue weighted by Gasteiger charge is -2.15. The molecule has 0 spiro atoms. The molecule has 1 N–H and O–H groups in total. The molecule has 92 valence electrons.